The Morgan fingerprint density at radius 1 is 1.10 bits per heavy atom. The first kappa shape index (κ1) is 28.7. The van der Waals surface area contributed by atoms with Crippen molar-refractivity contribution in [3.63, 3.8) is 0 Å². The van der Waals surface area contributed by atoms with Crippen LogP contribution in [-0.2, 0) is 22.6 Å². The normalized spacial score (nSPS) is 16.8. The molecule has 1 fully saturated rings. The third-order valence-corrected chi connectivity index (χ3v) is 5.55. The Balaban J connectivity index is 0.000000532. The number of pyridine rings is 1. The molecule has 5 N–H and O–H groups in total. The number of benzene rings is 2. The average Bonchev–Trinajstić information content (AvgIpc) is 2.85. The van der Waals surface area contributed by atoms with E-state index in [9.17, 15) is 32.7 Å². The summed E-state index contributed by atoms with van der Waals surface area (Å²) in [6.45, 7) is 2.16. The van der Waals surface area contributed by atoms with Crippen molar-refractivity contribution in [2.45, 2.75) is 31.7 Å². The maximum Gasteiger partial charge on any atom is 0.490 e. The number of aryl methyl sites for hydroxylation is 1. The lowest BCUT2D eigenvalue weighted by Gasteiger charge is -2.35. The van der Waals surface area contributed by atoms with Crippen molar-refractivity contribution in [1.29, 1.82) is 0 Å². The summed E-state index contributed by atoms with van der Waals surface area (Å²) < 4.78 is 37.7. The molecular weight excluding hydrogens is 525 g/mol. The van der Waals surface area contributed by atoms with E-state index in [1.165, 1.54) is 0 Å². The number of carboxylic acids is 1. The van der Waals surface area contributed by atoms with Crippen molar-refractivity contribution in [2.24, 2.45) is 0 Å². The van der Waals surface area contributed by atoms with Crippen LogP contribution in [0.15, 0.2) is 54.6 Å². The van der Waals surface area contributed by atoms with Gasteiger partial charge in [0.1, 0.15) is 17.9 Å². The molecule has 3 aromatic rings. The number of urea groups is 1. The van der Waals surface area contributed by atoms with Crippen molar-refractivity contribution in [3.8, 4) is 5.75 Å². The molecule has 2 aromatic carbocycles. The number of para-hydroxylation sites is 1. The second-order valence-electron chi connectivity index (χ2n) is 8.50. The molecule has 1 aliphatic heterocycles. The number of nitrogens with zero attached hydrogens (tertiary/aromatic N) is 1. The predicted octanol–water partition coefficient (Wildman–Crippen LogP) is 3.14. The molecule has 1 unspecified atom stereocenters. The van der Waals surface area contributed by atoms with Crippen molar-refractivity contribution in [1.82, 2.24) is 20.9 Å². The number of fused-ring (bicyclic) bond motifs is 1. The summed E-state index contributed by atoms with van der Waals surface area (Å²) in [4.78, 5) is 48.5. The lowest BCUT2D eigenvalue weighted by molar-refractivity contribution is -0.192. The van der Waals surface area contributed by atoms with Gasteiger partial charge in [0, 0.05) is 23.1 Å². The van der Waals surface area contributed by atoms with Crippen LogP contribution in [0.5, 0.6) is 5.75 Å². The van der Waals surface area contributed by atoms with Crippen LogP contribution in [0, 0.1) is 6.92 Å². The lowest BCUT2D eigenvalue weighted by Crippen LogP contribution is -2.71. The van der Waals surface area contributed by atoms with E-state index in [0.717, 1.165) is 22.2 Å². The van der Waals surface area contributed by atoms with Crippen LogP contribution in [0.2, 0.25) is 0 Å². The molecule has 0 saturated carbocycles. The topological polar surface area (TPSA) is 167 Å². The molecule has 0 radical (unpaired) electrons. The van der Waals surface area contributed by atoms with Gasteiger partial charge >= 0.3 is 24.3 Å². The molecule has 0 spiro atoms. The van der Waals surface area contributed by atoms with Gasteiger partial charge < -0.3 is 25.6 Å². The third-order valence-electron chi connectivity index (χ3n) is 5.55. The molecule has 0 aliphatic carbocycles. The Kier molecular flexibility index (Phi) is 8.58. The smallest absolute Gasteiger partial charge is 0.489 e. The van der Waals surface area contributed by atoms with Crippen molar-refractivity contribution in [3.05, 3.63) is 71.4 Å². The van der Waals surface area contributed by atoms with Crippen LogP contribution in [0.1, 0.15) is 16.8 Å². The molecule has 2 heterocycles. The molecule has 11 nitrogen and oxygen atoms in total. The number of rotatable bonds is 6. The largest absolute Gasteiger partial charge is 0.490 e. The van der Waals surface area contributed by atoms with Crippen molar-refractivity contribution < 1.29 is 47.3 Å². The number of alkyl halides is 3. The minimum Gasteiger partial charge on any atom is -0.489 e. The number of carboxylic acid groups (broad SMARTS) is 2. The minimum absolute atomic E-state index is 0.0693. The highest BCUT2D eigenvalue weighted by atomic mass is 19.4. The molecule has 4 amide bonds. The van der Waals surface area contributed by atoms with Gasteiger partial charge in [0.05, 0.1) is 12.1 Å². The van der Waals surface area contributed by atoms with E-state index in [4.69, 9.17) is 14.6 Å². The number of carbonyl (C=O) groups excluding carboxylic acids is 2. The molecule has 4 rings (SSSR count). The lowest BCUT2D eigenvalue weighted by atomic mass is 9.88. The van der Waals surface area contributed by atoms with E-state index in [1.54, 1.807) is 24.3 Å². The van der Waals surface area contributed by atoms with E-state index >= 15 is 0 Å². The van der Waals surface area contributed by atoms with Gasteiger partial charge in [0.25, 0.3) is 5.91 Å². The first-order valence-electron chi connectivity index (χ1n) is 11.3. The van der Waals surface area contributed by atoms with Gasteiger partial charge in [0.2, 0.25) is 0 Å². The highest BCUT2D eigenvalue weighted by Gasteiger charge is 2.44. The maximum atomic E-state index is 12.4. The van der Waals surface area contributed by atoms with E-state index < -0.39 is 35.7 Å². The molecule has 1 atom stereocenters. The fourth-order valence-electron chi connectivity index (χ4n) is 3.80. The SMILES string of the molecule is Cc1cc(COc2ccc(CC3(NC(=O)O)CNC(=O)NC3=O)cc2)c2ccccc2n1.O=C(O)C(F)(F)F. The molecule has 1 saturated heterocycles. The molecule has 1 aliphatic rings. The average molecular weight is 548 g/mol. The number of hydrogen-bond donors (Lipinski definition) is 5. The summed E-state index contributed by atoms with van der Waals surface area (Å²) in [5.74, 6) is -2.81. The van der Waals surface area contributed by atoms with Gasteiger partial charge in [-0.05, 0) is 36.8 Å². The van der Waals surface area contributed by atoms with Crippen LogP contribution in [-0.4, -0.2) is 57.5 Å². The monoisotopic (exact) mass is 548 g/mol. The zero-order chi connectivity index (χ0) is 28.8. The zero-order valence-corrected chi connectivity index (χ0v) is 20.3. The standard InChI is InChI=1S/C23H22N4O5.C2HF3O2/c1-14-10-16(18-4-2-3-5-19(18)25-14)12-32-17-8-6-15(7-9-17)11-23(27-22(30)31)13-24-21(29)26-20(23)28;3-2(4,5)1(6)7/h2-10,27H,11-13H2,1H3,(H,30,31)(H2,24,26,28,29);(H,6,7). The number of carbonyl (C=O) groups is 4. The first-order valence-corrected chi connectivity index (χ1v) is 11.3. The second kappa shape index (κ2) is 11.7. The molecule has 206 valence electrons. The minimum atomic E-state index is -5.08. The number of imide groups is 1. The Bertz CT molecular complexity index is 1400. The number of amides is 4. The van der Waals surface area contributed by atoms with Gasteiger partial charge in [-0.25, -0.2) is 14.4 Å². The Hall–Kier alpha value is -4.88. The Morgan fingerprint density at radius 3 is 2.33 bits per heavy atom. The van der Waals surface area contributed by atoms with Gasteiger partial charge in [-0.3, -0.25) is 15.1 Å². The van der Waals surface area contributed by atoms with Gasteiger partial charge in [-0.2, -0.15) is 13.2 Å². The predicted molar refractivity (Wildman–Crippen MR) is 130 cm³/mol. The van der Waals surface area contributed by atoms with Gasteiger partial charge in [-0.15, -0.1) is 0 Å². The highest BCUT2D eigenvalue weighted by Crippen LogP contribution is 2.23. The Morgan fingerprint density at radius 2 is 1.74 bits per heavy atom. The summed E-state index contributed by atoms with van der Waals surface area (Å²) in [6.07, 6.45) is -6.36. The summed E-state index contributed by atoms with van der Waals surface area (Å²) in [6, 6.07) is 16.3. The highest BCUT2D eigenvalue weighted by molar-refractivity contribution is 6.03. The van der Waals surface area contributed by atoms with Gasteiger partial charge in [-0.1, -0.05) is 30.3 Å². The molecule has 1 aromatic heterocycles. The quantitative estimate of drug-likeness (QED) is 0.313. The number of nitrogens with one attached hydrogen (secondary N) is 3. The van der Waals surface area contributed by atoms with Crippen LogP contribution in [0.3, 0.4) is 0 Å². The number of halogens is 3. The summed E-state index contributed by atoms with van der Waals surface area (Å²) >= 11 is 0. The van der Waals surface area contributed by atoms with E-state index in [2.05, 4.69) is 20.9 Å². The Labute approximate surface area is 219 Å². The van der Waals surface area contributed by atoms with E-state index in [0.29, 0.717) is 17.9 Å². The number of aromatic nitrogens is 1. The molecule has 0 bridgehead atoms. The maximum absolute atomic E-state index is 12.4. The summed E-state index contributed by atoms with van der Waals surface area (Å²) in [5, 5.41) is 24.2. The van der Waals surface area contributed by atoms with E-state index in [1.807, 2.05) is 37.3 Å². The fraction of sp³-hybridized carbons (Fsp3) is 0.240. The number of ether oxygens (including phenoxy) is 1. The van der Waals surface area contributed by atoms with Gasteiger partial charge in [0.15, 0.2) is 0 Å². The number of aliphatic carboxylic acids is 1. The van der Waals surface area contributed by atoms with Crippen LogP contribution in [0.25, 0.3) is 10.9 Å². The molecule has 14 heteroatoms. The van der Waals surface area contributed by atoms with Crippen LogP contribution in [0.4, 0.5) is 22.8 Å². The summed E-state index contributed by atoms with van der Waals surface area (Å²) in [5.41, 5.74) is 2.07. The third kappa shape index (κ3) is 7.56. The summed E-state index contributed by atoms with van der Waals surface area (Å²) in [7, 11) is 0. The van der Waals surface area contributed by atoms with Crippen molar-refractivity contribution in [2.75, 3.05) is 6.54 Å². The molecule has 39 heavy (non-hydrogen) atoms. The van der Waals surface area contributed by atoms with Crippen molar-refractivity contribution >= 4 is 34.9 Å². The van der Waals surface area contributed by atoms with Crippen LogP contribution < -0.4 is 20.7 Å². The number of hydrogen-bond acceptors (Lipinski definition) is 6. The second-order valence-corrected chi connectivity index (χ2v) is 8.50. The molecular formula is C25H23F3N4O7. The first-order chi connectivity index (χ1) is 18.3. The fourth-order valence-corrected chi connectivity index (χ4v) is 3.80. The van der Waals surface area contributed by atoms with E-state index in [-0.39, 0.29) is 13.0 Å². The van der Waals surface area contributed by atoms with Crippen LogP contribution >= 0.6 is 0 Å². The zero-order valence-electron chi connectivity index (χ0n) is 20.3.